The lowest BCUT2D eigenvalue weighted by Gasteiger charge is -2.33. The van der Waals surface area contributed by atoms with E-state index in [1.807, 2.05) is 65.0 Å². The predicted molar refractivity (Wildman–Crippen MR) is 380 cm³/mol. The molecule has 10 rings (SSSR count). The molecule has 1 aromatic carbocycles. The molecule has 3 aliphatic heterocycles. The quantitative estimate of drug-likeness (QED) is 0.0174. The van der Waals surface area contributed by atoms with Gasteiger partial charge in [0, 0.05) is 13.8 Å². The number of fused-ring (bicyclic) bond motifs is 3. The fourth-order valence-electron chi connectivity index (χ4n) is 12.1. The van der Waals surface area contributed by atoms with Crippen molar-refractivity contribution in [1.82, 2.24) is 58.6 Å². The second-order valence-electron chi connectivity index (χ2n) is 27.5. The molecule has 103 heavy (non-hydrogen) atoms. The number of nitrogen functional groups attached to an aromatic ring is 3. The van der Waals surface area contributed by atoms with Crippen molar-refractivity contribution in [1.29, 1.82) is 0 Å². The van der Waals surface area contributed by atoms with Gasteiger partial charge in [0.25, 0.3) is 0 Å². The average Bonchev–Trinajstić information content (AvgIpc) is 1.61. The van der Waals surface area contributed by atoms with Crippen LogP contribution in [-0.4, -0.2) is 201 Å². The summed E-state index contributed by atoms with van der Waals surface area (Å²) in [5.74, 6) is 1.60. The standard InChI is InChI=1S/C25H35ClN5O7P.C20H34N5O7P.C19H32N5O6P/c1-15(2)37-39(33,38-16(3)4)35-12-18-20(32)25(5,13-34-11-17-9-7-6-8-10-17)23(36-18)31-14-28-19-21(27)29-24(26)30-22(19)31;1-11(2)31-33(27,32-12(3)4)29-8-14-16(26)20(6,9-28-7)19(30-14)25-10-22-15-17(21)23-13(5)24-18(15)25;1-7-28-31(6,26)29-8-13-15(25)19(5,9-27-11(2)3)18(30-13)24-10-21-14-16(20)22-12(4)23-17(14)24/h6-10,14-16,18,20,23,32H,11-13H2,1-5H3,(H2,27,29,30);10-12,14,16,19,26H,8-9H2,1-7H3,(H2,21,23,24);10-11,13,15,18,25H,7-9H2,1-6H3,(H2,20,22,23)/t18-,20+,23-,25?;14-,16+,19-,20?;13-,15+,18-,19?,31?/m111/s1. The molecule has 39 heteroatoms. The van der Waals surface area contributed by atoms with E-state index in [1.165, 1.54) is 20.1 Å². The van der Waals surface area contributed by atoms with Gasteiger partial charge in [-0.15, -0.1) is 0 Å². The smallest absolute Gasteiger partial charge is 0.389 e. The van der Waals surface area contributed by atoms with Gasteiger partial charge in [0.15, 0.2) is 34.4 Å². The maximum atomic E-state index is 13.3. The monoisotopic (exact) mass is 1530 g/mol. The number of benzene rings is 1. The average molecular weight is 1530 g/mol. The van der Waals surface area contributed by atoms with E-state index in [0.717, 1.165) is 5.56 Å². The number of aromatic nitrogens is 12. The first-order chi connectivity index (χ1) is 48.3. The first-order valence-electron chi connectivity index (χ1n) is 33.7. The topological polar surface area (TPSA) is 450 Å². The lowest BCUT2D eigenvalue weighted by molar-refractivity contribution is -0.0812. The van der Waals surface area contributed by atoms with Crippen molar-refractivity contribution >= 4 is 85.8 Å². The zero-order chi connectivity index (χ0) is 75.9. The van der Waals surface area contributed by atoms with Crippen LogP contribution in [0, 0.1) is 30.1 Å². The summed E-state index contributed by atoms with van der Waals surface area (Å²) in [6.45, 7) is 30.2. The van der Waals surface area contributed by atoms with Crippen LogP contribution in [0.5, 0.6) is 0 Å². The molecule has 0 radical (unpaired) electrons. The summed E-state index contributed by atoms with van der Waals surface area (Å²) in [6, 6.07) is 9.67. The van der Waals surface area contributed by atoms with Crippen LogP contribution in [0.2, 0.25) is 5.28 Å². The third-order valence-electron chi connectivity index (χ3n) is 16.7. The fourth-order valence-corrected chi connectivity index (χ4v) is 16.3. The lowest BCUT2D eigenvalue weighted by Crippen LogP contribution is -2.42. The Balaban J connectivity index is 0.000000197. The summed E-state index contributed by atoms with van der Waals surface area (Å²) >= 11 is 6.09. The summed E-state index contributed by atoms with van der Waals surface area (Å²) < 4.78 is 124. The van der Waals surface area contributed by atoms with Gasteiger partial charge in [-0.05, 0) is 107 Å². The number of imidazole rings is 3. The number of methoxy groups -OCH3 is 1. The van der Waals surface area contributed by atoms with Crippen LogP contribution in [0.3, 0.4) is 0 Å². The number of hydrogen-bond acceptors (Lipinski definition) is 32. The molecule has 0 aliphatic carbocycles. The number of ether oxygens (including phenoxy) is 6. The van der Waals surface area contributed by atoms with E-state index in [4.69, 9.17) is 93.4 Å². The maximum Gasteiger partial charge on any atom is 0.475 e. The van der Waals surface area contributed by atoms with Crippen LogP contribution in [-0.2, 0) is 84.9 Å². The molecular weight excluding hydrogens is 1430 g/mol. The molecule has 0 saturated carbocycles. The van der Waals surface area contributed by atoms with Crippen LogP contribution < -0.4 is 17.2 Å². The third kappa shape index (κ3) is 19.9. The van der Waals surface area contributed by atoms with Crippen LogP contribution >= 0.6 is 34.8 Å². The summed E-state index contributed by atoms with van der Waals surface area (Å²) in [4.78, 5) is 38.5. The Bertz CT molecular complexity index is 4080. The molecule has 9 heterocycles. The summed E-state index contributed by atoms with van der Waals surface area (Å²) in [5.41, 5.74) is 18.7. The van der Waals surface area contributed by atoms with Gasteiger partial charge < -0.3 is 70.0 Å². The van der Waals surface area contributed by atoms with E-state index >= 15 is 0 Å². The Morgan fingerprint density at radius 3 is 1.28 bits per heavy atom. The lowest BCUT2D eigenvalue weighted by atomic mass is 9.83. The fraction of sp³-hybridized carbons (Fsp3) is 0.672. The number of nitrogens with two attached hydrogens (primary N) is 3. The minimum atomic E-state index is -3.94. The molecule has 3 saturated heterocycles. The van der Waals surface area contributed by atoms with Gasteiger partial charge in [-0.2, -0.15) is 9.97 Å². The number of phosphoric acid groups is 2. The molecule has 6 aromatic heterocycles. The summed E-state index contributed by atoms with van der Waals surface area (Å²) in [7, 11) is -9.54. The normalized spacial score (nSPS) is 26.0. The SMILES string of the molecule is CC(C)OP(=O)(OC[C@H]1O[C@@H](n2cnc3c(N)nc(Cl)nc32)C(C)(COCc2ccccc2)[C@H]1O)OC(C)C.CCOP(C)(=O)OC[C@H]1O[C@@H](n2cnc3c(N)nc(C)nc32)C(C)(COC(C)C)[C@H]1O.COCC1(C)[C@@H](O)[C@@H](COP(=O)(OC(C)C)OC(C)C)O[C@H]1n1cnc2c(N)nc(C)nc21. The number of aryl methyl sites for hydroxylation is 2. The van der Waals surface area contributed by atoms with Crippen molar-refractivity contribution in [3.05, 3.63) is 71.8 Å². The van der Waals surface area contributed by atoms with Gasteiger partial charge in [-0.25, -0.2) is 44.0 Å². The van der Waals surface area contributed by atoms with E-state index in [9.17, 15) is 29.0 Å². The van der Waals surface area contributed by atoms with E-state index in [1.54, 1.807) is 103 Å². The Hall–Kier alpha value is -5.43. The Labute approximate surface area is 603 Å². The molecule has 3 aliphatic rings. The summed E-state index contributed by atoms with van der Waals surface area (Å²) in [5, 5.41) is 33.9. The molecule has 4 unspecified atom stereocenters. The van der Waals surface area contributed by atoms with Crippen LogP contribution in [0.4, 0.5) is 17.5 Å². The van der Waals surface area contributed by atoms with Crippen LogP contribution in [0.1, 0.15) is 133 Å². The van der Waals surface area contributed by atoms with Crippen molar-refractivity contribution < 1.29 is 93.6 Å². The molecule has 7 aromatic rings. The highest BCUT2D eigenvalue weighted by Gasteiger charge is 2.58. The molecule has 35 nitrogen and oxygen atoms in total. The van der Waals surface area contributed by atoms with Crippen LogP contribution in [0.25, 0.3) is 33.5 Å². The van der Waals surface area contributed by atoms with E-state index in [0.29, 0.717) is 51.7 Å². The summed E-state index contributed by atoms with van der Waals surface area (Å²) in [6.07, 6.45) is -4.96. The first kappa shape index (κ1) is 83.2. The maximum absolute atomic E-state index is 13.3. The third-order valence-corrected chi connectivity index (χ3v) is 21.8. The highest BCUT2D eigenvalue weighted by atomic mass is 35.5. The molecule has 0 spiro atoms. The molecule has 13 atom stereocenters. The minimum absolute atomic E-state index is 0.0477. The van der Waals surface area contributed by atoms with Gasteiger partial charge in [-0.1, -0.05) is 51.1 Å². The Morgan fingerprint density at radius 1 is 0.534 bits per heavy atom. The number of aliphatic hydroxyl groups excluding tert-OH is 3. The number of anilines is 3. The van der Waals surface area contributed by atoms with Gasteiger partial charge in [0.1, 0.15) is 65.2 Å². The van der Waals surface area contributed by atoms with E-state index < -0.39 is 107 Å². The van der Waals surface area contributed by atoms with Crippen molar-refractivity contribution in [2.45, 2.75) is 203 Å². The second-order valence-corrected chi connectivity index (χ2v) is 33.0. The Kier molecular flexibility index (Phi) is 28.0. The molecule has 0 bridgehead atoms. The highest BCUT2D eigenvalue weighted by molar-refractivity contribution is 7.53. The van der Waals surface area contributed by atoms with Crippen molar-refractivity contribution in [3.8, 4) is 0 Å². The van der Waals surface area contributed by atoms with E-state index in [2.05, 4.69) is 44.9 Å². The van der Waals surface area contributed by atoms with E-state index in [-0.39, 0.29) is 87.3 Å². The van der Waals surface area contributed by atoms with Gasteiger partial charge in [0.05, 0.1) is 137 Å². The zero-order valence-corrected chi connectivity index (χ0v) is 64.9. The molecule has 0 amide bonds. The molecular formula is C64H101ClN15O20P3. The number of nitrogens with zero attached hydrogens (tertiary/aromatic N) is 12. The number of aliphatic hydroxyl groups is 3. The highest BCUT2D eigenvalue weighted by Crippen LogP contribution is 2.56. The number of hydrogen-bond donors (Lipinski definition) is 6. The van der Waals surface area contributed by atoms with Crippen LogP contribution in [0.15, 0.2) is 49.3 Å². The van der Waals surface area contributed by atoms with Crippen molar-refractivity contribution in [2.24, 2.45) is 16.2 Å². The molecule has 9 N–H and O–H groups in total. The second kappa shape index (κ2) is 34.6. The first-order valence-corrected chi connectivity index (χ1v) is 39.0. The molecule has 3 fully saturated rings. The van der Waals surface area contributed by atoms with Gasteiger partial charge in [-0.3, -0.25) is 45.4 Å². The number of halogens is 1. The number of phosphoric ester groups is 2. The zero-order valence-electron chi connectivity index (χ0n) is 61.5. The minimum Gasteiger partial charge on any atom is -0.389 e. The predicted octanol–water partition coefficient (Wildman–Crippen LogP) is 9.40. The largest absolute Gasteiger partial charge is 0.475 e. The van der Waals surface area contributed by atoms with Gasteiger partial charge >= 0.3 is 23.2 Å². The van der Waals surface area contributed by atoms with Crippen molar-refractivity contribution in [3.63, 3.8) is 0 Å². The Morgan fingerprint density at radius 2 is 0.903 bits per heavy atom. The van der Waals surface area contributed by atoms with Gasteiger partial charge in [0.2, 0.25) is 5.28 Å². The molecule has 574 valence electrons. The van der Waals surface area contributed by atoms with Crippen molar-refractivity contribution in [2.75, 3.05) is 77.2 Å². The number of rotatable bonds is 31.